The molecule has 0 fully saturated rings. The number of hydrogen-bond donors (Lipinski definition) is 0. The number of ether oxygens (including phenoxy) is 4. The summed E-state index contributed by atoms with van der Waals surface area (Å²) in [6.45, 7) is 9.98. The number of rotatable bonds is 11. The van der Waals surface area contributed by atoms with Crippen molar-refractivity contribution in [1.29, 1.82) is 0 Å². The van der Waals surface area contributed by atoms with Gasteiger partial charge in [0, 0.05) is 13.2 Å². The molecule has 0 saturated heterocycles. The maximum absolute atomic E-state index is 10.7. The van der Waals surface area contributed by atoms with Crippen molar-refractivity contribution < 1.29 is 28.5 Å². The first-order chi connectivity index (χ1) is 10.1. The third kappa shape index (κ3) is 21.3. The number of carbonyl (C=O) groups is 2. The highest BCUT2D eigenvalue weighted by molar-refractivity contribution is 5.70. The smallest absolute Gasteiger partial charge is 0.332 e. The molecule has 0 unspecified atom stereocenters. The molecule has 0 aromatic heterocycles. The van der Waals surface area contributed by atoms with Crippen molar-refractivity contribution in [3.63, 3.8) is 0 Å². The maximum Gasteiger partial charge on any atom is 0.332 e. The molecule has 0 aromatic carbocycles. The molecule has 0 aliphatic rings. The highest BCUT2D eigenvalue weighted by atomic mass is 16.6. The maximum atomic E-state index is 10.7. The SMILES string of the molecule is CCCCOC(=O)COCC.CCCOC(=O)COCC. The van der Waals surface area contributed by atoms with Gasteiger partial charge in [0.05, 0.1) is 13.2 Å². The summed E-state index contributed by atoms with van der Waals surface area (Å²) >= 11 is 0. The van der Waals surface area contributed by atoms with Crippen molar-refractivity contribution in [3.05, 3.63) is 0 Å². The lowest BCUT2D eigenvalue weighted by atomic mass is 10.4. The quantitative estimate of drug-likeness (QED) is 0.431. The molecule has 0 N–H and O–H groups in total. The van der Waals surface area contributed by atoms with E-state index in [1.165, 1.54) is 0 Å². The van der Waals surface area contributed by atoms with Gasteiger partial charge in [0.15, 0.2) is 0 Å². The molecule has 6 nitrogen and oxygen atoms in total. The first-order valence-electron chi connectivity index (χ1n) is 7.58. The Balaban J connectivity index is 0. The molecule has 0 rings (SSSR count). The van der Waals surface area contributed by atoms with Crippen LogP contribution >= 0.6 is 0 Å². The number of hydrogen-bond acceptors (Lipinski definition) is 6. The predicted molar refractivity (Wildman–Crippen MR) is 80.1 cm³/mol. The van der Waals surface area contributed by atoms with Gasteiger partial charge in [0.2, 0.25) is 0 Å². The molecular formula is C15H30O6. The van der Waals surface area contributed by atoms with Crippen LogP contribution in [-0.2, 0) is 28.5 Å². The van der Waals surface area contributed by atoms with Crippen molar-refractivity contribution in [2.75, 3.05) is 39.6 Å². The van der Waals surface area contributed by atoms with E-state index in [0.717, 1.165) is 19.3 Å². The van der Waals surface area contributed by atoms with E-state index in [1.807, 2.05) is 20.8 Å². The lowest BCUT2D eigenvalue weighted by Gasteiger charge is -2.02. The van der Waals surface area contributed by atoms with Gasteiger partial charge in [-0.1, -0.05) is 20.3 Å². The zero-order chi connectivity index (χ0) is 16.3. The standard InChI is InChI=1S/C8H16O3.C7H14O3/c1-3-5-6-11-8(9)7-10-4-2;1-3-5-10-7(8)6-9-4-2/h3-7H2,1-2H3;3-6H2,1-2H3. The van der Waals surface area contributed by atoms with Crippen LogP contribution in [0.2, 0.25) is 0 Å². The minimum atomic E-state index is -0.274. The lowest BCUT2D eigenvalue weighted by molar-refractivity contribution is -0.149. The van der Waals surface area contributed by atoms with Gasteiger partial charge in [0.25, 0.3) is 0 Å². The lowest BCUT2D eigenvalue weighted by Crippen LogP contribution is -2.13. The van der Waals surface area contributed by atoms with E-state index in [4.69, 9.17) is 18.9 Å². The zero-order valence-electron chi connectivity index (χ0n) is 13.8. The monoisotopic (exact) mass is 306 g/mol. The van der Waals surface area contributed by atoms with Gasteiger partial charge in [-0.15, -0.1) is 0 Å². The van der Waals surface area contributed by atoms with Crippen molar-refractivity contribution in [2.45, 2.75) is 47.0 Å². The zero-order valence-corrected chi connectivity index (χ0v) is 13.8. The second-order valence-electron chi connectivity index (χ2n) is 4.07. The van der Waals surface area contributed by atoms with Gasteiger partial charge in [-0.25, -0.2) is 9.59 Å². The molecule has 0 aliphatic heterocycles. The van der Waals surface area contributed by atoms with Crippen molar-refractivity contribution in [3.8, 4) is 0 Å². The molecule has 0 heterocycles. The summed E-state index contributed by atoms with van der Waals surface area (Å²) in [4.78, 5) is 21.3. The van der Waals surface area contributed by atoms with E-state index in [9.17, 15) is 9.59 Å². The molecule has 0 saturated carbocycles. The summed E-state index contributed by atoms with van der Waals surface area (Å²) in [5, 5.41) is 0. The van der Waals surface area contributed by atoms with E-state index in [1.54, 1.807) is 0 Å². The number of unbranched alkanes of at least 4 members (excludes halogenated alkanes) is 1. The van der Waals surface area contributed by atoms with Gasteiger partial charge >= 0.3 is 11.9 Å². The molecule has 0 bridgehead atoms. The van der Waals surface area contributed by atoms with Crippen LogP contribution in [-0.4, -0.2) is 51.6 Å². The summed E-state index contributed by atoms with van der Waals surface area (Å²) in [6, 6.07) is 0. The van der Waals surface area contributed by atoms with Gasteiger partial charge in [-0.2, -0.15) is 0 Å². The fourth-order valence-electron chi connectivity index (χ4n) is 1.00. The highest BCUT2D eigenvalue weighted by Crippen LogP contribution is 1.89. The Morgan fingerprint density at radius 1 is 0.714 bits per heavy atom. The Hall–Kier alpha value is -1.14. The topological polar surface area (TPSA) is 71.1 Å². The van der Waals surface area contributed by atoms with Crippen molar-refractivity contribution in [1.82, 2.24) is 0 Å². The molecule has 6 heteroatoms. The predicted octanol–water partition coefficient (Wildman–Crippen LogP) is 2.34. The van der Waals surface area contributed by atoms with Crippen LogP contribution in [0.5, 0.6) is 0 Å². The van der Waals surface area contributed by atoms with Crippen LogP contribution in [0.1, 0.15) is 47.0 Å². The average Bonchev–Trinajstić information content (AvgIpc) is 2.49. The van der Waals surface area contributed by atoms with Crippen LogP contribution in [0.25, 0.3) is 0 Å². The van der Waals surface area contributed by atoms with Crippen LogP contribution in [0.3, 0.4) is 0 Å². The first-order valence-corrected chi connectivity index (χ1v) is 7.58. The van der Waals surface area contributed by atoms with Crippen molar-refractivity contribution >= 4 is 11.9 Å². The van der Waals surface area contributed by atoms with E-state index in [2.05, 4.69) is 6.92 Å². The molecular weight excluding hydrogens is 276 g/mol. The Morgan fingerprint density at radius 3 is 1.57 bits per heavy atom. The molecule has 0 aromatic rings. The van der Waals surface area contributed by atoms with Gasteiger partial charge in [-0.05, 0) is 26.7 Å². The summed E-state index contributed by atoms with van der Waals surface area (Å²) in [5.74, 6) is -0.538. The Morgan fingerprint density at radius 2 is 1.19 bits per heavy atom. The summed E-state index contributed by atoms with van der Waals surface area (Å²) < 4.78 is 19.2. The molecule has 126 valence electrons. The van der Waals surface area contributed by atoms with Crippen molar-refractivity contribution in [2.24, 2.45) is 0 Å². The Bertz CT molecular complexity index is 232. The van der Waals surface area contributed by atoms with E-state index in [0.29, 0.717) is 26.4 Å². The highest BCUT2D eigenvalue weighted by Gasteiger charge is 2.00. The minimum Gasteiger partial charge on any atom is -0.464 e. The van der Waals surface area contributed by atoms with Gasteiger partial charge in [-0.3, -0.25) is 0 Å². The van der Waals surface area contributed by atoms with Crippen LogP contribution in [0.4, 0.5) is 0 Å². The largest absolute Gasteiger partial charge is 0.464 e. The molecule has 21 heavy (non-hydrogen) atoms. The number of esters is 2. The molecule has 0 amide bonds. The third-order valence-electron chi connectivity index (χ3n) is 2.08. The summed E-state index contributed by atoms with van der Waals surface area (Å²) in [5.41, 5.74) is 0. The summed E-state index contributed by atoms with van der Waals surface area (Å²) in [6.07, 6.45) is 2.83. The average molecular weight is 306 g/mol. The molecule has 0 radical (unpaired) electrons. The van der Waals surface area contributed by atoms with E-state index < -0.39 is 0 Å². The fraction of sp³-hybridized carbons (Fsp3) is 0.867. The Kier molecular flexibility index (Phi) is 19.9. The van der Waals surface area contributed by atoms with E-state index >= 15 is 0 Å². The second kappa shape index (κ2) is 18.9. The van der Waals surface area contributed by atoms with Crippen LogP contribution < -0.4 is 0 Å². The third-order valence-corrected chi connectivity index (χ3v) is 2.08. The first kappa shape index (κ1) is 22.1. The second-order valence-corrected chi connectivity index (χ2v) is 4.07. The fourth-order valence-corrected chi connectivity index (χ4v) is 1.00. The number of carbonyl (C=O) groups excluding carboxylic acids is 2. The van der Waals surface area contributed by atoms with Gasteiger partial charge in [0.1, 0.15) is 13.2 Å². The van der Waals surface area contributed by atoms with Crippen LogP contribution in [0, 0.1) is 0 Å². The molecule has 0 atom stereocenters. The van der Waals surface area contributed by atoms with E-state index in [-0.39, 0.29) is 25.2 Å². The molecule has 0 aliphatic carbocycles. The van der Waals surface area contributed by atoms with Crippen LogP contribution in [0.15, 0.2) is 0 Å². The minimum absolute atomic E-state index is 0.0799. The normalized spacial score (nSPS) is 9.52. The summed E-state index contributed by atoms with van der Waals surface area (Å²) in [7, 11) is 0. The molecule has 0 spiro atoms. The van der Waals surface area contributed by atoms with Gasteiger partial charge < -0.3 is 18.9 Å². The Labute approximate surface area is 128 Å².